The second kappa shape index (κ2) is 12.7. The van der Waals surface area contributed by atoms with Gasteiger partial charge in [0, 0.05) is 28.2 Å². The molecule has 1 aliphatic heterocycles. The van der Waals surface area contributed by atoms with Crippen LogP contribution in [0.3, 0.4) is 0 Å². The molecule has 2 heterocycles. The van der Waals surface area contributed by atoms with Crippen molar-refractivity contribution in [3.63, 3.8) is 0 Å². The number of nitrogens with zero attached hydrogens (tertiary/aromatic N) is 1. The van der Waals surface area contributed by atoms with Crippen LogP contribution in [0.15, 0.2) is 101 Å². The zero-order valence-corrected chi connectivity index (χ0v) is 24.4. The first-order chi connectivity index (χ1) is 20.2. The minimum atomic E-state index is -0.683. The Morgan fingerprint density at radius 1 is 1.00 bits per heavy atom. The SMILES string of the molecule is CC(C)(CC(=O)NC1CSc2ccccc2N(Cc2ccc(-c3ccccc3C(N)=O)cc2)C1=O)NCc1ccco1. The molecule has 0 bridgehead atoms. The lowest BCUT2D eigenvalue weighted by Crippen LogP contribution is -2.51. The van der Waals surface area contributed by atoms with Crippen molar-refractivity contribution in [2.24, 2.45) is 5.73 Å². The summed E-state index contributed by atoms with van der Waals surface area (Å²) < 4.78 is 5.38. The van der Waals surface area contributed by atoms with Gasteiger partial charge in [-0.2, -0.15) is 0 Å². The summed E-state index contributed by atoms with van der Waals surface area (Å²) in [6, 6.07) is 25.8. The third kappa shape index (κ3) is 6.92. The van der Waals surface area contributed by atoms with E-state index in [1.807, 2.05) is 86.6 Å². The number of hydrogen-bond acceptors (Lipinski definition) is 6. The molecule has 4 N–H and O–H groups in total. The summed E-state index contributed by atoms with van der Waals surface area (Å²) in [5.41, 5.74) is 8.87. The van der Waals surface area contributed by atoms with Crippen LogP contribution in [0.25, 0.3) is 11.1 Å². The zero-order valence-electron chi connectivity index (χ0n) is 23.6. The van der Waals surface area contributed by atoms with Gasteiger partial charge in [-0.1, -0.05) is 54.6 Å². The Kier molecular flexibility index (Phi) is 8.80. The summed E-state index contributed by atoms with van der Waals surface area (Å²) in [4.78, 5) is 41.7. The number of fused-ring (bicyclic) bond motifs is 1. The van der Waals surface area contributed by atoms with Gasteiger partial charge in [0.05, 0.1) is 25.0 Å². The molecule has 1 aromatic heterocycles. The molecule has 1 unspecified atom stereocenters. The molecule has 1 atom stereocenters. The monoisotopic (exact) mass is 582 g/mol. The number of anilines is 1. The first-order valence-electron chi connectivity index (χ1n) is 13.8. The number of amides is 3. The second-order valence-electron chi connectivity index (χ2n) is 10.9. The van der Waals surface area contributed by atoms with Crippen LogP contribution in [0.2, 0.25) is 0 Å². The fourth-order valence-corrected chi connectivity index (χ4v) is 6.06. The van der Waals surface area contributed by atoms with Crippen molar-refractivity contribution < 1.29 is 18.8 Å². The molecule has 0 aliphatic carbocycles. The molecule has 0 saturated carbocycles. The maximum absolute atomic E-state index is 13.9. The summed E-state index contributed by atoms with van der Waals surface area (Å²) in [6.07, 6.45) is 1.82. The average molecular weight is 583 g/mol. The van der Waals surface area contributed by atoms with Gasteiger partial charge in [0.25, 0.3) is 5.91 Å². The number of para-hydroxylation sites is 1. The van der Waals surface area contributed by atoms with Crippen LogP contribution >= 0.6 is 11.8 Å². The molecule has 3 aromatic carbocycles. The molecule has 4 aromatic rings. The Morgan fingerprint density at radius 3 is 2.48 bits per heavy atom. The highest BCUT2D eigenvalue weighted by atomic mass is 32.2. The van der Waals surface area contributed by atoms with Gasteiger partial charge in [-0.05, 0) is 60.9 Å². The maximum Gasteiger partial charge on any atom is 0.250 e. The number of primary amides is 1. The van der Waals surface area contributed by atoms with E-state index in [4.69, 9.17) is 10.2 Å². The molecule has 0 saturated heterocycles. The number of carbonyl (C=O) groups is 3. The molecule has 42 heavy (non-hydrogen) atoms. The molecule has 5 rings (SSSR count). The van der Waals surface area contributed by atoms with E-state index < -0.39 is 17.5 Å². The molecular formula is C33H34N4O4S. The molecule has 0 spiro atoms. The number of nitrogens with one attached hydrogen (secondary N) is 2. The van der Waals surface area contributed by atoms with Crippen molar-refractivity contribution in [3.8, 4) is 11.1 Å². The minimum absolute atomic E-state index is 0.162. The van der Waals surface area contributed by atoms with Crippen molar-refractivity contribution >= 4 is 35.2 Å². The molecular weight excluding hydrogens is 548 g/mol. The number of thioether (sulfide) groups is 1. The molecule has 9 heteroatoms. The fourth-order valence-electron chi connectivity index (χ4n) is 4.99. The van der Waals surface area contributed by atoms with Gasteiger partial charge in [0.15, 0.2) is 0 Å². The van der Waals surface area contributed by atoms with E-state index >= 15 is 0 Å². The van der Waals surface area contributed by atoms with Crippen molar-refractivity contribution in [2.75, 3.05) is 10.7 Å². The average Bonchev–Trinajstić information content (AvgIpc) is 3.47. The zero-order chi connectivity index (χ0) is 29.7. The molecule has 0 radical (unpaired) electrons. The number of benzene rings is 3. The Hall–Kier alpha value is -4.34. The van der Waals surface area contributed by atoms with Gasteiger partial charge in [0.2, 0.25) is 11.8 Å². The van der Waals surface area contributed by atoms with E-state index in [1.54, 1.807) is 35.1 Å². The van der Waals surface area contributed by atoms with Crippen molar-refractivity contribution in [1.82, 2.24) is 10.6 Å². The largest absolute Gasteiger partial charge is 0.468 e. The fraction of sp³-hybridized carbons (Fsp3) is 0.242. The number of hydrogen-bond donors (Lipinski definition) is 3. The van der Waals surface area contributed by atoms with Gasteiger partial charge < -0.3 is 25.7 Å². The summed E-state index contributed by atoms with van der Waals surface area (Å²) in [5.74, 6) is 0.377. The Balaban J connectivity index is 1.31. The van der Waals surface area contributed by atoms with E-state index in [2.05, 4.69) is 10.6 Å². The lowest BCUT2D eigenvalue weighted by molar-refractivity contribution is -0.127. The maximum atomic E-state index is 13.9. The lowest BCUT2D eigenvalue weighted by atomic mass is 9.98. The van der Waals surface area contributed by atoms with Crippen molar-refractivity contribution in [3.05, 3.63) is 108 Å². The van der Waals surface area contributed by atoms with Gasteiger partial charge in [0.1, 0.15) is 11.8 Å². The second-order valence-corrected chi connectivity index (χ2v) is 12.0. The Bertz CT molecular complexity index is 1570. The number of furan rings is 1. The highest BCUT2D eigenvalue weighted by Crippen LogP contribution is 2.35. The smallest absolute Gasteiger partial charge is 0.250 e. The summed E-state index contributed by atoms with van der Waals surface area (Å²) >= 11 is 1.56. The normalized spacial score (nSPS) is 15.1. The standard InChI is InChI=1S/C33H34N4O4S/c1-33(2,35-19-24-8-7-17-41-24)18-30(38)36-27-21-42-29-12-6-5-11-28(29)37(32(27)40)20-22-13-15-23(16-14-22)25-9-3-4-10-26(25)31(34)39/h3-17,27,35H,18-21H2,1-2H3,(H2,34,39)(H,36,38). The molecule has 1 aliphatic rings. The topological polar surface area (TPSA) is 118 Å². The molecule has 216 valence electrons. The summed E-state index contributed by atoms with van der Waals surface area (Å²) in [6.45, 7) is 4.73. The summed E-state index contributed by atoms with van der Waals surface area (Å²) in [7, 11) is 0. The van der Waals surface area contributed by atoms with Crippen LogP contribution in [0.5, 0.6) is 0 Å². The number of nitrogens with two attached hydrogens (primary N) is 1. The predicted molar refractivity (Wildman–Crippen MR) is 165 cm³/mol. The first kappa shape index (κ1) is 29.2. The number of carbonyl (C=O) groups excluding carboxylic acids is 3. The van der Waals surface area contributed by atoms with Crippen LogP contribution in [0, 0.1) is 0 Å². The molecule has 3 amide bonds. The van der Waals surface area contributed by atoms with E-state index in [9.17, 15) is 14.4 Å². The third-order valence-corrected chi connectivity index (χ3v) is 8.34. The van der Waals surface area contributed by atoms with Crippen LogP contribution < -0.4 is 21.3 Å². The quantitative estimate of drug-likeness (QED) is 0.239. The van der Waals surface area contributed by atoms with Crippen molar-refractivity contribution in [2.45, 2.75) is 49.8 Å². The highest BCUT2D eigenvalue weighted by Gasteiger charge is 2.33. The molecule has 0 fully saturated rings. The van der Waals surface area contributed by atoms with Crippen molar-refractivity contribution in [1.29, 1.82) is 0 Å². The van der Waals surface area contributed by atoms with Gasteiger partial charge in [-0.25, -0.2) is 0 Å². The van der Waals surface area contributed by atoms with Crippen LogP contribution in [0.1, 0.15) is 41.9 Å². The lowest BCUT2D eigenvalue weighted by Gasteiger charge is -2.28. The van der Waals surface area contributed by atoms with Gasteiger partial charge in [-0.15, -0.1) is 11.8 Å². The van der Waals surface area contributed by atoms with Gasteiger partial charge in [-0.3, -0.25) is 14.4 Å². The van der Waals surface area contributed by atoms with Crippen LogP contribution in [-0.2, 0) is 22.7 Å². The Labute approximate surface area is 249 Å². The van der Waals surface area contributed by atoms with E-state index in [0.717, 1.165) is 33.0 Å². The highest BCUT2D eigenvalue weighted by molar-refractivity contribution is 7.99. The van der Waals surface area contributed by atoms with E-state index in [-0.39, 0.29) is 18.2 Å². The predicted octanol–water partition coefficient (Wildman–Crippen LogP) is 5.13. The van der Waals surface area contributed by atoms with E-state index in [0.29, 0.717) is 24.4 Å². The van der Waals surface area contributed by atoms with Gasteiger partial charge >= 0.3 is 0 Å². The Morgan fingerprint density at radius 2 is 1.74 bits per heavy atom. The molecule has 8 nitrogen and oxygen atoms in total. The van der Waals surface area contributed by atoms with E-state index in [1.165, 1.54) is 0 Å². The van der Waals surface area contributed by atoms with Crippen LogP contribution in [0.4, 0.5) is 5.69 Å². The first-order valence-corrected chi connectivity index (χ1v) is 14.8. The number of rotatable bonds is 10. The van der Waals surface area contributed by atoms with Crippen LogP contribution in [-0.4, -0.2) is 35.1 Å². The third-order valence-electron chi connectivity index (χ3n) is 7.18. The minimum Gasteiger partial charge on any atom is -0.468 e. The summed E-state index contributed by atoms with van der Waals surface area (Å²) in [5, 5.41) is 6.35.